The van der Waals surface area contributed by atoms with Crippen molar-refractivity contribution in [1.82, 2.24) is 9.80 Å². The normalized spacial score (nSPS) is 15.8. The number of piperazine rings is 1. The number of aromatic hydroxyl groups is 1. The van der Waals surface area contributed by atoms with E-state index < -0.39 is 5.97 Å². The number of anilines is 1. The number of carboxylic acid groups (broad SMARTS) is 1. The van der Waals surface area contributed by atoms with Gasteiger partial charge in [-0.1, -0.05) is 6.92 Å². The highest BCUT2D eigenvalue weighted by Crippen LogP contribution is 2.21. The summed E-state index contributed by atoms with van der Waals surface area (Å²) in [4.78, 5) is 27.0. The van der Waals surface area contributed by atoms with Crippen molar-refractivity contribution in [2.75, 3.05) is 38.0 Å². The molecule has 1 saturated heterocycles. The van der Waals surface area contributed by atoms with Gasteiger partial charge in [-0.25, -0.2) is 9.59 Å². The Morgan fingerprint density at radius 1 is 1.24 bits per heavy atom. The van der Waals surface area contributed by atoms with Crippen LogP contribution in [0.25, 0.3) is 0 Å². The molecule has 0 aromatic heterocycles. The first-order valence-electron chi connectivity index (χ1n) is 6.86. The van der Waals surface area contributed by atoms with Gasteiger partial charge in [0.1, 0.15) is 11.3 Å². The molecule has 0 spiro atoms. The van der Waals surface area contributed by atoms with E-state index >= 15 is 0 Å². The van der Waals surface area contributed by atoms with Crippen molar-refractivity contribution in [3.05, 3.63) is 23.8 Å². The fourth-order valence-corrected chi connectivity index (χ4v) is 2.25. The lowest BCUT2D eigenvalue weighted by atomic mass is 10.2. The van der Waals surface area contributed by atoms with Gasteiger partial charge in [-0.05, 0) is 24.7 Å². The number of amides is 2. The highest BCUT2D eigenvalue weighted by Gasteiger charge is 2.20. The second-order valence-electron chi connectivity index (χ2n) is 4.89. The van der Waals surface area contributed by atoms with Crippen LogP contribution in [0.4, 0.5) is 10.5 Å². The molecule has 3 N–H and O–H groups in total. The third kappa shape index (κ3) is 3.63. The van der Waals surface area contributed by atoms with Gasteiger partial charge in [0.15, 0.2) is 0 Å². The van der Waals surface area contributed by atoms with Gasteiger partial charge in [0.25, 0.3) is 0 Å². The molecule has 0 atom stereocenters. The summed E-state index contributed by atoms with van der Waals surface area (Å²) in [5.41, 5.74) is 0.122. The zero-order chi connectivity index (χ0) is 15.4. The topological polar surface area (TPSA) is 93.1 Å². The van der Waals surface area contributed by atoms with Crippen molar-refractivity contribution in [3.8, 4) is 5.75 Å². The van der Waals surface area contributed by atoms with Gasteiger partial charge in [0.05, 0.1) is 0 Å². The number of urea groups is 1. The second-order valence-corrected chi connectivity index (χ2v) is 4.89. The van der Waals surface area contributed by atoms with E-state index in [4.69, 9.17) is 5.11 Å². The Balaban J connectivity index is 2.00. The molecule has 114 valence electrons. The van der Waals surface area contributed by atoms with Gasteiger partial charge in [-0.3, -0.25) is 0 Å². The minimum atomic E-state index is -1.24. The monoisotopic (exact) mass is 293 g/mol. The summed E-state index contributed by atoms with van der Waals surface area (Å²) >= 11 is 0. The number of aromatic carboxylic acids is 1. The van der Waals surface area contributed by atoms with Crippen molar-refractivity contribution < 1.29 is 19.8 Å². The number of hydrogen-bond donors (Lipinski definition) is 3. The van der Waals surface area contributed by atoms with Crippen molar-refractivity contribution in [2.45, 2.75) is 6.92 Å². The number of likely N-dealkylation sites (N-methyl/N-ethyl adjacent to an activating group) is 1. The number of nitrogens with one attached hydrogen (secondary N) is 1. The molecule has 1 aliphatic heterocycles. The van der Waals surface area contributed by atoms with E-state index in [1.54, 1.807) is 4.90 Å². The minimum Gasteiger partial charge on any atom is -0.507 e. The fraction of sp³-hybridized carbons (Fsp3) is 0.429. The second kappa shape index (κ2) is 6.45. The van der Waals surface area contributed by atoms with Crippen LogP contribution in [0.2, 0.25) is 0 Å². The van der Waals surface area contributed by atoms with Crippen molar-refractivity contribution in [1.29, 1.82) is 0 Å². The van der Waals surface area contributed by atoms with Crippen LogP contribution in [-0.2, 0) is 0 Å². The first kappa shape index (κ1) is 15.1. The maximum atomic E-state index is 12.1. The van der Waals surface area contributed by atoms with E-state index in [1.165, 1.54) is 18.2 Å². The maximum Gasteiger partial charge on any atom is 0.339 e. The number of phenols is 1. The molecular formula is C14H19N3O4. The molecular weight excluding hydrogens is 274 g/mol. The smallest absolute Gasteiger partial charge is 0.339 e. The molecule has 0 bridgehead atoms. The lowest BCUT2D eigenvalue weighted by molar-refractivity contribution is 0.0693. The van der Waals surface area contributed by atoms with E-state index in [0.717, 1.165) is 19.6 Å². The molecule has 7 nitrogen and oxygen atoms in total. The summed E-state index contributed by atoms with van der Waals surface area (Å²) in [7, 11) is 0. The predicted octanol–water partition coefficient (Wildman–Crippen LogP) is 1.26. The van der Waals surface area contributed by atoms with Crippen molar-refractivity contribution in [2.24, 2.45) is 0 Å². The maximum absolute atomic E-state index is 12.1. The summed E-state index contributed by atoms with van der Waals surface area (Å²) < 4.78 is 0. The Labute approximate surface area is 122 Å². The summed E-state index contributed by atoms with van der Waals surface area (Å²) in [5, 5.41) is 21.0. The van der Waals surface area contributed by atoms with Gasteiger partial charge in [-0.2, -0.15) is 0 Å². The lowest BCUT2D eigenvalue weighted by Gasteiger charge is -2.34. The molecule has 0 unspecified atom stereocenters. The number of carbonyl (C=O) groups excluding carboxylic acids is 1. The first-order chi connectivity index (χ1) is 10.0. The molecule has 1 aromatic rings. The number of benzene rings is 1. The largest absolute Gasteiger partial charge is 0.507 e. The van der Waals surface area contributed by atoms with Crippen molar-refractivity contribution >= 4 is 17.7 Å². The van der Waals surface area contributed by atoms with Crippen LogP contribution >= 0.6 is 0 Å². The number of hydrogen-bond acceptors (Lipinski definition) is 4. The highest BCUT2D eigenvalue weighted by atomic mass is 16.4. The minimum absolute atomic E-state index is 0.233. The van der Waals surface area contributed by atoms with E-state index in [1.807, 2.05) is 0 Å². The SMILES string of the molecule is CCN1CCN(C(=O)Nc2ccc(O)c(C(=O)O)c2)CC1. The van der Waals surface area contributed by atoms with Gasteiger partial charge in [0, 0.05) is 31.9 Å². The Kier molecular flexibility index (Phi) is 4.64. The molecule has 2 rings (SSSR count). The van der Waals surface area contributed by atoms with Crippen LogP contribution in [0, 0.1) is 0 Å². The number of nitrogens with zero attached hydrogens (tertiary/aromatic N) is 2. The molecule has 0 radical (unpaired) electrons. The molecule has 1 heterocycles. The molecule has 0 saturated carbocycles. The van der Waals surface area contributed by atoms with Gasteiger partial charge in [-0.15, -0.1) is 0 Å². The van der Waals surface area contributed by atoms with E-state index in [2.05, 4.69) is 17.1 Å². The van der Waals surface area contributed by atoms with Gasteiger partial charge < -0.3 is 25.3 Å². The summed E-state index contributed by atoms with van der Waals surface area (Å²) in [5.74, 6) is -1.56. The number of carboxylic acids is 1. The van der Waals surface area contributed by atoms with E-state index in [9.17, 15) is 14.7 Å². The molecule has 2 amide bonds. The molecule has 1 aliphatic rings. The average Bonchev–Trinajstić information content (AvgIpc) is 2.49. The van der Waals surface area contributed by atoms with Crippen LogP contribution in [0.3, 0.4) is 0 Å². The van der Waals surface area contributed by atoms with Gasteiger partial charge in [0.2, 0.25) is 0 Å². The van der Waals surface area contributed by atoms with Crippen LogP contribution in [-0.4, -0.2) is 64.7 Å². The van der Waals surface area contributed by atoms with E-state index in [0.29, 0.717) is 18.8 Å². The first-order valence-corrected chi connectivity index (χ1v) is 6.86. The number of rotatable bonds is 3. The third-order valence-electron chi connectivity index (χ3n) is 3.58. The molecule has 1 fully saturated rings. The summed E-state index contributed by atoms with van der Waals surface area (Å²) in [6.07, 6.45) is 0. The summed E-state index contributed by atoms with van der Waals surface area (Å²) in [6, 6.07) is 3.72. The van der Waals surface area contributed by atoms with Crippen molar-refractivity contribution in [3.63, 3.8) is 0 Å². The predicted molar refractivity (Wildman–Crippen MR) is 77.8 cm³/mol. The van der Waals surface area contributed by atoms with Crippen LogP contribution in [0.15, 0.2) is 18.2 Å². The zero-order valence-corrected chi connectivity index (χ0v) is 11.9. The Bertz CT molecular complexity index is 539. The Morgan fingerprint density at radius 2 is 1.90 bits per heavy atom. The quantitative estimate of drug-likeness (QED) is 0.730. The standard InChI is InChI=1S/C14H19N3O4/c1-2-16-5-7-17(8-6-16)14(21)15-10-3-4-12(18)11(9-10)13(19)20/h3-4,9,18H,2,5-8H2,1H3,(H,15,21)(H,19,20). The Hall–Kier alpha value is -2.28. The van der Waals surface area contributed by atoms with Crippen LogP contribution in [0.1, 0.15) is 17.3 Å². The number of carbonyl (C=O) groups is 2. The highest BCUT2D eigenvalue weighted by molar-refractivity contribution is 5.95. The third-order valence-corrected chi connectivity index (χ3v) is 3.58. The van der Waals surface area contributed by atoms with Crippen LogP contribution in [0.5, 0.6) is 5.75 Å². The molecule has 21 heavy (non-hydrogen) atoms. The fourth-order valence-electron chi connectivity index (χ4n) is 2.25. The molecule has 7 heteroatoms. The van der Waals surface area contributed by atoms with E-state index in [-0.39, 0.29) is 17.3 Å². The summed E-state index contributed by atoms with van der Waals surface area (Å²) in [6.45, 7) is 6.00. The lowest BCUT2D eigenvalue weighted by Crippen LogP contribution is -2.49. The Morgan fingerprint density at radius 3 is 2.48 bits per heavy atom. The average molecular weight is 293 g/mol. The molecule has 0 aliphatic carbocycles. The van der Waals surface area contributed by atoms with Gasteiger partial charge >= 0.3 is 12.0 Å². The zero-order valence-electron chi connectivity index (χ0n) is 11.9. The molecule has 1 aromatic carbocycles. The van der Waals surface area contributed by atoms with Crippen LogP contribution < -0.4 is 5.32 Å².